The third-order valence-electron chi connectivity index (χ3n) is 4.87. The second kappa shape index (κ2) is 5.14. The molecule has 1 aromatic carbocycles. The van der Waals surface area contributed by atoms with Crippen LogP contribution in [0.15, 0.2) is 18.2 Å². The van der Waals surface area contributed by atoms with E-state index in [1.165, 1.54) is 0 Å². The molecule has 0 aromatic heterocycles. The van der Waals surface area contributed by atoms with Gasteiger partial charge < -0.3 is 14.7 Å². The molecule has 1 aromatic rings. The highest BCUT2D eigenvalue weighted by atomic mass is 16.5. The minimum atomic E-state index is -1.83. The van der Waals surface area contributed by atoms with Crippen LogP contribution >= 0.6 is 0 Å². The number of ether oxygens (including phenoxy) is 1. The number of aliphatic hydroxyl groups is 1. The standard InChI is InChI=1S/C18H23NO4/c1-5-19-14-7-6-11(2)8-12(14)18(22,16(19)21)13-10-23-17(3,4)9-15(13)20/h6-8,13,22H,5,9-10H2,1-4H3/t13-,18+/m0/s1. The van der Waals surface area contributed by atoms with E-state index in [2.05, 4.69) is 0 Å². The summed E-state index contributed by atoms with van der Waals surface area (Å²) in [7, 11) is 0. The van der Waals surface area contributed by atoms with Crippen molar-refractivity contribution in [3.63, 3.8) is 0 Å². The Morgan fingerprint density at radius 3 is 2.65 bits per heavy atom. The smallest absolute Gasteiger partial charge is 0.264 e. The zero-order valence-electron chi connectivity index (χ0n) is 14.0. The van der Waals surface area contributed by atoms with Crippen LogP contribution in [0.5, 0.6) is 0 Å². The molecule has 3 rings (SSSR count). The molecule has 5 heteroatoms. The summed E-state index contributed by atoms with van der Waals surface area (Å²) in [6.45, 7) is 7.96. The maximum atomic E-state index is 12.9. The molecule has 5 nitrogen and oxygen atoms in total. The fraction of sp³-hybridized carbons (Fsp3) is 0.556. The lowest BCUT2D eigenvalue weighted by Gasteiger charge is -2.39. The molecular formula is C18H23NO4. The van der Waals surface area contributed by atoms with Gasteiger partial charge in [0.25, 0.3) is 5.91 Å². The van der Waals surface area contributed by atoms with Gasteiger partial charge in [-0.05, 0) is 33.8 Å². The minimum Gasteiger partial charge on any atom is -0.375 e. The molecule has 1 fully saturated rings. The fourth-order valence-electron chi connectivity index (χ4n) is 3.62. The predicted octanol–water partition coefficient (Wildman–Crippen LogP) is 1.93. The summed E-state index contributed by atoms with van der Waals surface area (Å²) in [5, 5.41) is 11.3. The number of ketones is 1. The second-order valence-corrected chi connectivity index (χ2v) is 7.10. The fourth-order valence-corrected chi connectivity index (χ4v) is 3.62. The number of rotatable bonds is 2. The third kappa shape index (κ3) is 2.30. The minimum absolute atomic E-state index is 0.0546. The Morgan fingerprint density at radius 1 is 1.35 bits per heavy atom. The van der Waals surface area contributed by atoms with Crippen molar-refractivity contribution < 1.29 is 19.4 Å². The van der Waals surface area contributed by atoms with E-state index in [1.807, 2.05) is 39.8 Å². The Balaban J connectivity index is 2.09. The van der Waals surface area contributed by atoms with E-state index in [0.29, 0.717) is 17.8 Å². The number of fused-ring (bicyclic) bond motifs is 1. The van der Waals surface area contributed by atoms with E-state index in [4.69, 9.17) is 4.74 Å². The van der Waals surface area contributed by atoms with E-state index in [1.54, 1.807) is 11.0 Å². The molecule has 2 heterocycles. The largest absolute Gasteiger partial charge is 0.375 e. The molecule has 23 heavy (non-hydrogen) atoms. The van der Waals surface area contributed by atoms with Gasteiger partial charge in [0.05, 0.1) is 23.8 Å². The zero-order chi connectivity index (χ0) is 17.0. The van der Waals surface area contributed by atoms with Crippen LogP contribution in [0.4, 0.5) is 5.69 Å². The maximum absolute atomic E-state index is 12.9. The number of likely N-dealkylation sites (N-methyl/N-ethyl adjacent to an activating group) is 1. The molecule has 0 radical (unpaired) electrons. The molecule has 2 aliphatic rings. The highest BCUT2D eigenvalue weighted by Gasteiger charge is 2.58. The van der Waals surface area contributed by atoms with Crippen molar-refractivity contribution in [2.24, 2.45) is 5.92 Å². The van der Waals surface area contributed by atoms with Crippen molar-refractivity contribution >= 4 is 17.4 Å². The molecule has 1 amide bonds. The summed E-state index contributed by atoms with van der Waals surface area (Å²) in [4.78, 5) is 27.1. The van der Waals surface area contributed by atoms with E-state index < -0.39 is 23.0 Å². The molecule has 0 bridgehead atoms. The predicted molar refractivity (Wildman–Crippen MR) is 86.2 cm³/mol. The van der Waals surface area contributed by atoms with Gasteiger partial charge in [0.2, 0.25) is 0 Å². The molecule has 2 atom stereocenters. The number of nitrogens with zero attached hydrogens (tertiary/aromatic N) is 1. The number of amides is 1. The number of benzene rings is 1. The van der Waals surface area contributed by atoms with Crippen LogP contribution in [0, 0.1) is 12.8 Å². The zero-order valence-corrected chi connectivity index (χ0v) is 14.0. The van der Waals surface area contributed by atoms with Gasteiger partial charge in [0.15, 0.2) is 5.60 Å². The summed E-state index contributed by atoms with van der Waals surface area (Å²) in [6.07, 6.45) is 0.195. The maximum Gasteiger partial charge on any atom is 0.264 e. The average molecular weight is 317 g/mol. The summed E-state index contributed by atoms with van der Waals surface area (Å²) in [5.41, 5.74) is -0.233. The quantitative estimate of drug-likeness (QED) is 0.905. The van der Waals surface area contributed by atoms with Crippen LogP contribution in [-0.4, -0.2) is 35.5 Å². The van der Waals surface area contributed by atoms with Gasteiger partial charge in [0, 0.05) is 18.5 Å². The number of carbonyl (C=O) groups excluding carboxylic acids is 2. The lowest BCUT2D eigenvalue weighted by atomic mass is 9.75. The van der Waals surface area contributed by atoms with Gasteiger partial charge in [-0.2, -0.15) is 0 Å². The van der Waals surface area contributed by atoms with Gasteiger partial charge >= 0.3 is 0 Å². The number of Topliss-reactive ketones (excluding diaryl/α,β-unsaturated/α-hetero) is 1. The molecule has 1 saturated heterocycles. The first-order chi connectivity index (χ1) is 10.7. The number of hydrogen-bond acceptors (Lipinski definition) is 4. The normalized spacial score (nSPS) is 29.8. The van der Waals surface area contributed by atoms with Crippen LogP contribution in [-0.2, 0) is 19.9 Å². The molecule has 2 aliphatic heterocycles. The second-order valence-electron chi connectivity index (χ2n) is 7.10. The topological polar surface area (TPSA) is 66.8 Å². The van der Waals surface area contributed by atoms with E-state index in [9.17, 15) is 14.7 Å². The molecule has 1 N–H and O–H groups in total. The van der Waals surface area contributed by atoms with Crippen LogP contribution < -0.4 is 4.90 Å². The van der Waals surface area contributed by atoms with Crippen molar-refractivity contribution in [1.82, 2.24) is 0 Å². The van der Waals surface area contributed by atoms with Crippen molar-refractivity contribution in [2.75, 3.05) is 18.1 Å². The van der Waals surface area contributed by atoms with Crippen molar-refractivity contribution in [2.45, 2.75) is 45.3 Å². The Morgan fingerprint density at radius 2 is 2.04 bits per heavy atom. The molecular weight excluding hydrogens is 294 g/mol. The van der Waals surface area contributed by atoms with Crippen molar-refractivity contribution in [3.8, 4) is 0 Å². The Labute approximate surface area is 136 Å². The molecule has 124 valence electrons. The van der Waals surface area contributed by atoms with Gasteiger partial charge in [0.1, 0.15) is 5.78 Å². The summed E-state index contributed by atoms with van der Waals surface area (Å²) < 4.78 is 5.74. The van der Waals surface area contributed by atoms with Crippen molar-refractivity contribution in [1.29, 1.82) is 0 Å². The van der Waals surface area contributed by atoms with Gasteiger partial charge in [-0.1, -0.05) is 17.7 Å². The first-order valence-corrected chi connectivity index (χ1v) is 8.03. The SMILES string of the molecule is CCN1C(=O)[C@](O)([C@H]2COC(C)(C)CC2=O)c2cc(C)ccc21. The van der Waals surface area contributed by atoms with Gasteiger partial charge in [-0.25, -0.2) is 0 Å². The Kier molecular flexibility index (Phi) is 3.61. The van der Waals surface area contributed by atoms with Crippen LogP contribution in [0.3, 0.4) is 0 Å². The number of aryl methyl sites for hydroxylation is 1. The highest BCUT2D eigenvalue weighted by molar-refractivity contribution is 6.09. The van der Waals surface area contributed by atoms with E-state index in [0.717, 1.165) is 5.56 Å². The van der Waals surface area contributed by atoms with E-state index >= 15 is 0 Å². The van der Waals surface area contributed by atoms with Gasteiger partial charge in [-0.3, -0.25) is 9.59 Å². The lowest BCUT2D eigenvalue weighted by Crippen LogP contribution is -2.54. The average Bonchev–Trinajstić information content (AvgIpc) is 2.67. The van der Waals surface area contributed by atoms with Crippen molar-refractivity contribution in [3.05, 3.63) is 29.3 Å². The first kappa shape index (κ1) is 16.1. The van der Waals surface area contributed by atoms with Crippen LogP contribution in [0.25, 0.3) is 0 Å². The number of anilines is 1. The molecule has 0 spiro atoms. The van der Waals surface area contributed by atoms with Crippen LogP contribution in [0.2, 0.25) is 0 Å². The number of carbonyl (C=O) groups is 2. The monoisotopic (exact) mass is 317 g/mol. The first-order valence-electron chi connectivity index (χ1n) is 8.03. The molecule has 0 aliphatic carbocycles. The third-order valence-corrected chi connectivity index (χ3v) is 4.87. The lowest BCUT2D eigenvalue weighted by molar-refractivity contribution is -0.172. The van der Waals surface area contributed by atoms with Crippen LogP contribution in [0.1, 0.15) is 38.3 Å². The highest BCUT2D eigenvalue weighted by Crippen LogP contribution is 2.47. The molecule has 0 saturated carbocycles. The van der Waals surface area contributed by atoms with Gasteiger partial charge in [-0.15, -0.1) is 0 Å². The van der Waals surface area contributed by atoms with E-state index in [-0.39, 0.29) is 18.8 Å². The Hall–Kier alpha value is -1.72. The summed E-state index contributed by atoms with van der Waals surface area (Å²) in [5.74, 6) is -1.41. The molecule has 0 unspecified atom stereocenters. The summed E-state index contributed by atoms with van der Waals surface area (Å²) >= 11 is 0. The number of hydrogen-bond donors (Lipinski definition) is 1. The Bertz CT molecular complexity index is 682. The summed E-state index contributed by atoms with van der Waals surface area (Å²) in [6, 6.07) is 5.54.